The topological polar surface area (TPSA) is 66.4 Å². The Balaban J connectivity index is 2.24. The first-order valence-corrected chi connectivity index (χ1v) is 6.01. The van der Waals surface area contributed by atoms with Crippen LogP contribution in [-0.4, -0.2) is 17.0 Å². The van der Waals surface area contributed by atoms with Crippen LogP contribution in [0.3, 0.4) is 0 Å². The summed E-state index contributed by atoms with van der Waals surface area (Å²) in [6.07, 6.45) is -2.53. The molecule has 0 aromatic heterocycles. The highest BCUT2D eigenvalue weighted by atomic mass is 19.4. The van der Waals surface area contributed by atoms with Gasteiger partial charge >= 0.3 is 12.1 Å². The van der Waals surface area contributed by atoms with Crippen LogP contribution in [0.1, 0.15) is 35.2 Å². The normalized spacial score (nSPS) is 14.9. The number of carbonyl (C=O) groups is 2. The quantitative estimate of drug-likeness (QED) is 0.894. The maximum Gasteiger partial charge on any atom is 0.416 e. The molecular formula is C13H12F3NO3. The second kappa shape index (κ2) is 5.15. The summed E-state index contributed by atoms with van der Waals surface area (Å²) in [4.78, 5) is 22.4. The lowest BCUT2D eigenvalue weighted by Crippen LogP contribution is -2.14. The molecule has 2 N–H and O–H groups in total. The number of benzene rings is 1. The van der Waals surface area contributed by atoms with E-state index in [4.69, 9.17) is 5.11 Å². The Morgan fingerprint density at radius 2 is 1.90 bits per heavy atom. The van der Waals surface area contributed by atoms with Gasteiger partial charge in [0.15, 0.2) is 0 Å². The number of amides is 1. The van der Waals surface area contributed by atoms with Gasteiger partial charge in [0.1, 0.15) is 0 Å². The van der Waals surface area contributed by atoms with Crippen LogP contribution in [0.15, 0.2) is 18.2 Å². The van der Waals surface area contributed by atoms with E-state index < -0.39 is 29.2 Å². The maximum atomic E-state index is 12.7. The summed E-state index contributed by atoms with van der Waals surface area (Å²) in [7, 11) is 0. The zero-order valence-corrected chi connectivity index (χ0v) is 10.3. The van der Waals surface area contributed by atoms with Crippen molar-refractivity contribution in [2.24, 2.45) is 5.92 Å². The molecule has 108 valence electrons. The fraction of sp³-hybridized carbons (Fsp3) is 0.385. The van der Waals surface area contributed by atoms with Gasteiger partial charge in [-0.05, 0) is 37.0 Å². The van der Waals surface area contributed by atoms with Crippen LogP contribution in [0.5, 0.6) is 0 Å². The molecule has 0 heterocycles. The molecule has 1 aliphatic rings. The molecule has 0 radical (unpaired) electrons. The van der Waals surface area contributed by atoms with Gasteiger partial charge in [-0.15, -0.1) is 0 Å². The van der Waals surface area contributed by atoms with Crippen molar-refractivity contribution in [3.63, 3.8) is 0 Å². The van der Waals surface area contributed by atoms with E-state index in [1.165, 1.54) is 0 Å². The first kappa shape index (κ1) is 14.4. The Bertz CT molecular complexity index is 550. The standard InChI is InChI=1S/C13H12F3NO3/c14-13(15,16)9-4-8(12(19)20)5-10(6-9)17-11(18)3-7-1-2-7/h4-7H,1-3H2,(H,17,18)(H,19,20). The van der Waals surface area contributed by atoms with Crippen molar-refractivity contribution in [2.45, 2.75) is 25.4 Å². The largest absolute Gasteiger partial charge is 0.478 e. The van der Waals surface area contributed by atoms with Gasteiger partial charge in [-0.2, -0.15) is 13.2 Å². The van der Waals surface area contributed by atoms with Crippen molar-refractivity contribution in [1.82, 2.24) is 0 Å². The average Bonchev–Trinajstić information content (AvgIpc) is 3.11. The Morgan fingerprint density at radius 1 is 1.25 bits per heavy atom. The lowest BCUT2D eigenvalue weighted by atomic mass is 10.1. The molecule has 1 amide bonds. The van der Waals surface area contributed by atoms with E-state index in [9.17, 15) is 22.8 Å². The monoisotopic (exact) mass is 287 g/mol. The van der Waals surface area contributed by atoms with Crippen molar-refractivity contribution < 1.29 is 27.9 Å². The Morgan fingerprint density at radius 3 is 2.40 bits per heavy atom. The first-order chi connectivity index (χ1) is 9.25. The summed E-state index contributed by atoms with van der Waals surface area (Å²) in [5.41, 5.74) is -1.76. The van der Waals surface area contributed by atoms with Gasteiger partial charge in [0.25, 0.3) is 0 Å². The number of alkyl halides is 3. The molecule has 0 atom stereocenters. The molecule has 0 saturated heterocycles. The van der Waals surface area contributed by atoms with Gasteiger partial charge in [-0.25, -0.2) is 4.79 Å². The predicted molar refractivity (Wildman–Crippen MR) is 64.4 cm³/mol. The average molecular weight is 287 g/mol. The minimum absolute atomic E-state index is 0.150. The summed E-state index contributed by atoms with van der Waals surface area (Å²) in [6, 6.07) is 2.29. The molecule has 1 fully saturated rings. The maximum absolute atomic E-state index is 12.7. The van der Waals surface area contributed by atoms with Crippen molar-refractivity contribution in [3.05, 3.63) is 29.3 Å². The molecule has 0 bridgehead atoms. The van der Waals surface area contributed by atoms with Gasteiger partial charge in [-0.3, -0.25) is 4.79 Å². The van der Waals surface area contributed by atoms with Crippen molar-refractivity contribution in [3.8, 4) is 0 Å². The summed E-state index contributed by atoms with van der Waals surface area (Å²) >= 11 is 0. The van der Waals surface area contributed by atoms with E-state index >= 15 is 0 Å². The fourth-order valence-corrected chi connectivity index (χ4v) is 1.78. The first-order valence-electron chi connectivity index (χ1n) is 6.01. The van der Waals surface area contributed by atoms with E-state index in [0.29, 0.717) is 12.0 Å². The lowest BCUT2D eigenvalue weighted by molar-refractivity contribution is -0.137. The van der Waals surface area contributed by atoms with Gasteiger partial charge in [0.2, 0.25) is 5.91 Å². The van der Waals surface area contributed by atoms with Crippen LogP contribution < -0.4 is 5.32 Å². The second-order valence-corrected chi connectivity index (χ2v) is 4.80. The number of rotatable bonds is 4. The molecule has 1 aromatic carbocycles. The molecule has 20 heavy (non-hydrogen) atoms. The third-order valence-electron chi connectivity index (χ3n) is 2.96. The number of hydrogen-bond acceptors (Lipinski definition) is 2. The van der Waals surface area contributed by atoms with Crippen LogP contribution in [0.25, 0.3) is 0 Å². The molecule has 1 aliphatic carbocycles. The van der Waals surface area contributed by atoms with E-state index in [-0.39, 0.29) is 12.1 Å². The number of carbonyl (C=O) groups excluding carboxylic acids is 1. The van der Waals surface area contributed by atoms with E-state index in [1.807, 2.05) is 0 Å². The molecule has 1 aromatic rings. The SMILES string of the molecule is O=C(CC1CC1)Nc1cc(C(=O)O)cc(C(F)(F)F)c1. The smallest absolute Gasteiger partial charge is 0.416 e. The van der Waals surface area contributed by atoms with Crippen LogP contribution >= 0.6 is 0 Å². The number of hydrogen-bond donors (Lipinski definition) is 2. The van der Waals surface area contributed by atoms with Gasteiger partial charge < -0.3 is 10.4 Å². The van der Waals surface area contributed by atoms with Crippen molar-refractivity contribution in [1.29, 1.82) is 0 Å². The van der Waals surface area contributed by atoms with Gasteiger partial charge in [0.05, 0.1) is 11.1 Å². The molecule has 4 nitrogen and oxygen atoms in total. The number of nitrogens with one attached hydrogen (secondary N) is 1. The predicted octanol–water partition coefficient (Wildman–Crippen LogP) is 3.14. The third-order valence-corrected chi connectivity index (χ3v) is 2.96. The summed E-state index contributed by atoms with van der Waals surface area (Å²) in [6.45, 7) is 0. The van der Waals surface area contributed by atoms with E-state index in [0.717, 1.165) is 25.0 Å². The van der Waals surface area contributed by atoms with Crippen molar-refractivity contribution in [2.75, 3.05) is 5.32 Å². The molecule has 0 spiro atoms. The zero-order valence-electron chi connectivity index (χ0n) is 10.3. The summed E-state index contributed by atoms with van der Waals surface area (Å²) in [5, 5.41) is 11.1. The highest BCUT2D eigenvalue weighted by Gasteiger charge is 2.32. The molecule has 0 unspecified atom stereocenters. The third kappa shape index (κ3) is 3.72. The molecule has 7 heteroatoms. The summed E-state index contributed by atoms with van der Waals surface area (Å²) in [5.74, 6) is -1.59. The molecule has 1 saturated carbocycles. The van der Waals surface area contributed by atoms with E-state index in [1.54, 1.807) is 0 Å². The number of carboxylic acid groups (broad SMARTS) is 1. The lowest BCUT2D eigenvalue weighted by Gasteiger charge is -2.11. The number of anilines is 1. The van der Waals surface area contributed by atoms with Crippen molar-refractivity contribution >= 4 is 17.6 Å². The van der Waals surface area contributed by atoms with E-state index in [2.05, 4.69) is 5.32 Å². The molecule has 0 aliphatic heterocycles. The van der Waals surface area contributed by atoms with Gasteiger partial charge in [0, 0.05) is 12.1 Å². The number of halogens is 3. The van der Waals surface area contributed by atoms with Gasteiger partial charge in [-0.1, -0.05) is 0 Å². The second-order valence-electron chi connectivity index (χ2n) is 4.80. The molecule has 2 rings (SSSR count). The van der Waals surface area contributed by atoms with Crippen LogP contribution in [0.2, 0.25) is 0 Å². The fourth-order valence-electron chi connectivity index (χ4n) is 1.78. The zero-order chi connectivity index (χ0) is 14.9. The Hall–Kier alpha value is -2.05. The minimum Gasteiger partial charge on any atom is -0.478 e. The summed E-state index contributed by atoms with van der Waals surface area (Å²) < 4.78 is 38.0. The Kier molecular flexibility index (Phi) is 3.69. The van der Waals surface area contributed by atoms with Crippen LogP contribution in [-0.2, 0) is 11.0 Å². The number of aromatic carboxylic acids is 1. The van der Waals surface area contributed by atoms with Crippen LogP contribution in [0, 0.1) is 5.92 Å². The number of carboxylic acids is 1. The van der Waals surface area contributed by atoms with Crippen LogP contribution in [0.4, 0.5) is 18.9 Å². The highest BCUT2D eigenvalue weighted by molar-refractivity contribution is 5.94. The minimum atomic E-state index is -4.67. The molecular weight excluding hydrogens is 275 g/mol. The Labute approximate surface area is 112 Å². The highest BCUT2D eigenvalue weighted by Crippen LogP contribution is 2.34.